The summed E-state index contributed by atoms with van der Waals surface area (Å²) in [5.74, 6) is 0.962. The molecule has 0 spiro atoms. The molecule has 2 aliphatic rings. The molecule has 2 fully saturated rings. The topological polar surface area (TPSA) is 34.4 Å². The first-order valence-corrected chi connectivity index (χ1v) is 7.83. The van der Waals surface area contributed by atoms with Gasteiger partial charge in [-0.1, -0.05) is 19.1 Å². The molecule has 3 nitrogen and oxygen atoms in total. The zero-order chi connectivity index (χ0) is 14.4. The molecule has 21 heavy (non-hydrogen) atoms. The van der Waals surface area contributed by atoms with Gasteiger partial charge in [-0.3, -0.25) is 0 Å². The fraction of sp³-hybridized carbons (Fsp3) is 0.529. The van der Waals surface area contributed by atoms with Crippen LogP contribution in [0.5, 0.6) is 0 Å². The predicted octanol–water partition coefficient (Wildman–Crippen LogP) is 3.79. The highest BCUT2D eigenvalue weighted by molar-refractivity contribution is 5.78. The molecule has 1 aromatic heterocycles. The number of nitrogens with one attached hydrogen (secondary N) is 1. The number of hydrogen-bond acceptors (Lipinski definition) is 3. The van der Waals surface area contributed by atoms with Crippen LogP contribution in [-0.2, 0) is 4.74 Å². The van der Waals surface area contributed by atoms with Crippen LogP contribution in [0.25, 0.3) is 11.0 Å². The first kappa shape index (κ1) is 13.3. The van der Waals surface area contributed by atoms with E-state index in [1.807, 2.05) is 12.1 Å². The van der Waals surface area contributed by atoms with Gasteiger partial charge in [0.15, 0.2) is 11.4 Å². The summed E-state index contributed by atoms with van der Waals surface area (Å²) in [6.45, 7) is 2.95. The zero-order valence-corrected chi connectivity index (χ0v) is 12.1. The van der Waals surface area contributed by atoms with E-state index in [2.05, 4.69) is 12.2 Å². The van der Waals surface area contributed by atoms with Crippen molar-refractivity contribution in [2.75, 3.05) is 6.54 Å². The SMILES string of the molecule is CCNC(c1cc2cccc(F)c2o1)C1CC2CCC1O2. The van der Waals surface area contributed by atoms with Gasteiger partial charge in [0.1, 0.15) is 5.76 Å². The van der Waals surface area contributed by atoms with Crippen molar-refractivity contribution in [3.05, 3.63) is 35.8 Å². The molecule has 1 aromatic carbocycles. The molecule has 3 heterocycles. The molecule has 112 valence electrons. The van der Waals surface area contributed by atoms with Crippen LogP contribution in [0.15, 0.2) is 28.7 Å². The van der Waals surface area contributed by atoms with Crippen molar-refractivity contribution in [1.82, 2.24) is 5.32 Å². The minimum Gasteiger partial charge on any atom is -0.456 e. The molecule has 1 N–H and O–H groups in total. The molecular formula is C17H20FNO2. The van der Waals surface area contributed by atoms with Crippen LogP contribution in [0.1, 0.15) is 38.0 Å². The quantitative estimate of drug-likeness (QED) is 0.930. The lowest BCUT2D eigenvalue weighted by molar-refractivity contribution is 0.0840. The number of ether oxygens (including phenoxy) is 1. The highest BCUT2D eigenvalue weighted by Gasteiger charge is 2.45. The Morgan fingerprint density at radius 1 is 1.38 bits per heavy atom. The summed E-state index contributed by atoms with van der Waals surface area (Å²) in [4.78, 5) is 0. The maximum Gasteiger partial charge on any atom is 0.169 e. The summed E-state index contributed by atoms with van der Waals surface area (Å²) in [6, 6.07) is 7.14. The third-order valence-corrected chi connectivity index (χ3v) is 4.83. The number of para-hydroxylation sites is 1. The van der Waals surface area contributed by atoms with Crippen molar-refractivity contribution >= 4 is 11.0 Å². The Bertz CT molecular complexity index is 653. The fourth-order valence-electron chi connectivity index (χ4n) is 3.91. The van der Waals surface area contributed by atoms with E-state index in [1.54, 1.807) is 6.07 Å². The third-order valence-electron chi connectivity index (χ3n) is 4.83. The van der Waals surface area contributed by atoms with Gasteiger partial charge in [0.05, 0.1) is 18.2 Å². The summed E-state index contributed by atoms with van der Waals surface area (Å²) in [5.41, 5.74) is 0.361. The Morgan fingerprint density at radius 2 is 2.29 bits per heavy atom. The molecule has 2 saturated heterocycles. The van der Waals surface area contributed by atoms with E-state index >= 15 is 0 Å². The summed E-state index contributed by atoms with van der Waals surface area (Å²) >= 11 is 0. The molecule has 0 saturated carbocycles. The van der Waals surface area contributed by atoms with E-state index < -0.39 is 0 Å². The van der Waals surface area contributed by atoms with Crippen LogP contribution in [0.2, 0.25) is 0 Å². The molecule has 4 rings (SSSR count). The molecule has 2 bridgehead atoms. The number of benzene rings is 1. The van der Waals surface area contributed by atoms with Gasteiger partial charge < -0.3 is 14.5 Å². The van der Waals surface area contributed by atoms with E-state index in [1.165, 1.54) is 12.5 Å². The second kappa shape index (κ2) is 5.11. The van der Waals surface area contributed by atoms with E-state index in [0.717, 1.165) is 30.5 Å². The summed E-state index contributed by atoms with van der Waals surface area (Å²) in [7, 11) is 0. The van der Waals surface area contributed by atoms with E-state index in [4.69, 9.17) is 9.15 Å². The van der Waals surface area contributed by atoms with Gasteiger partial charge in [0.25, 0.3) is 0 Å². The van der Waals surface area contributed by atoms with Crippen LogP contribution in [0.4, 0.5) is 4.39 Å². The Kier molecular flexibility index (Phi) is 3.23. The monoisotopic (exact) mass is 289 g/mol. The van der Waals surface area contributed by atoms with Gasteiger partial charge in [-0.15, -0.1) is 0 Å². The molecule has 4 unspecified atom stereocenters. The van der Waals surface area contributed by atoms with Crippen molar-refractivity contribution < 1.29 is 13.5 Å². The second-order valence-electron chi connectivity index (χ2n) is 6.12. The normalized spacial score (nSPS) is 29.3. The molecular weight excluding hydrogens is 269 g/mol. The van der Waals surface area contributed by atoms with Gasteiger partial charge in [0, 0.05) is 11.3 Å². The van der Waals surface area contributed by atoms with Crippen LogP contribution in [0, 0.1) is 11.7 Å². The Morgan fingerprint density at radius 3 is 2.95 bits per heavy atom. The summed E-state index contributed by atoms with van der Waals surface area (Å²) < 4.78 is 25.7. The van der Waals surface area contributed by atoms with Crippen LogP contribution in [-0.4, -0.2) is 18.8 Å². The van der Waals surface area contributed by atoms with Crippen LogP contribution in [0.3, 0.4) is 0 Å². The van der Waals surface area contributed by atoms with Crippen molar-refractivity contribution in [3.63, 3.8) is 0 Å². The van der Waals surface area contributed by atoms with Crippen molar-refractivity contribution in [2.24, 2.45) is 5.92 Å². The molecule has 0 radical (unpaired) electrons. The van der Waals surface area contributed by atoms with Gasteiger partial charge in [-0.25, -0.2) is 4.39 Å². The lowest BCUT2D eigenvalue weighted by atomic mass is 9.83. The average Bonchev–Trinajstić information content (AvgIpc) is 3.19. The van der Waals surface area contributed by atoms with Gasteiger partial charge in [-0.2, -0.15) is 0 Å². The van der Waals surface area contributed by atoms with Gasteiger partial charge >= 0.3 is 0 Å². The molecule has 4 heteroatoms. The zero-order valence-electron chi connectivity index (χ0n) is 12.1. The van der Waals surface area contributed by atoms with Crippen LogP contribution < -0.4 is 5.32 Å². The minimum absolute atomic E-state index is 0.108. The van der Waals surface area contributed by atoms with Crippen molar-refractivity contribution in [2.45, 2.75) is 44.4 Å². The highest BCUT2D eigenvalue weighted by Crippen LogP contribution is 2.45. The summed E-state index contributed by atoms with van der Waals surface area (Å²) in [6.07, 6.45) is 4.10. The third kappa shape index (κ3) is 2.17. The highest BCUT2D eigenvalue weighted by atomic mass is 19.1. The number of hydrogen-bond donors (Lipinski definition) is 1. The van der Waals surface area contributed by atoms with Crippen LogP contribution >= 0.6 is 0 Å². The first-order chi connectivity index (χ1) is 10.3. The lowest BCUT2D eigenvalue weighted by Gasteiger charge is -2.27. The second-order valence-corrected chi connectivity index (χ2v) is 6.12. The minimum atomic E-state index is -0.293. The molecule has 2 aliphatic heterocycles. The smallest absolute Gasteiger partial charge is 0.169 e. The fourth-order valence-corrected chi connectivity index (χ4v) is 3.91. The van der Waals surface area contributed by atoms with Gasteiger partial charge in [0.2, 0.25) is 0 Å². The Balaban J connectivity index is 1.70. The maximum atomic E-state index is 13.8. The molecule has 4 atom stereocenters. The molecule has 0 amide bonds. The average molecular weight is 289 g/mol. The predicted molar refractivity (Wildman–Crippen MR) is 78.6 cm³/mol. The maximum absolute atomic E-state index is 13.8. The lowest BCUT2D eigenvalue weighted by Crippen LogP contribution is -2.33. The Hall–Kier alpha value is -1.39. The molecule has 0 aliphatic carbocycles. The standard InChI is InChI=1S/C17H20FNO2/c1-2-19-16(12-9-11-6-7-14(12)20-11)15-8-10-4-3-5-13(18)17(10)21-15/h3-5,8,11-12,14,16,19H,2,6-7,9H2,1H3. The van der Waals surface area contributed by atoms with E-state index in [9.17, 15) is 4.39 Å². The van der Waals surface area contributed by atoms with Crippen molar-refractivity contribution in [1.29, 1.82) is 0 Å². The van der Waals surface area contributed by atoms with E-state index in [0.29, 0.717) is 23.7 Å². The first-order valence-electron chi connectivity index (χ1n) is 7.83. The number of rotatable bonds is 4. The number of halogens is 1. The van der Waals surface area contributed by atoms with Crippen molar-refractivity contribution in [3.8, 4) is 0 Å². The summed E-state index contributed by atoms with van der Waals surface area (Å²) in [5, 5.41) is 4.34. The number of furan rings is 1. The Labute approximate surface area is 123 Å². The molecule has 2 aromatic rings. The number of fused-ring (bicyclic) bond motifs is 3. The van der Waals surface area contributed by atoms with E-state index in [-0.39, 0.29) is 11.9 Å². The largest absolute Gasteiger partial charge is 0.456 e. The van der Waals surface area contributed by atoms with Gasteiger partial charge in [-0.05, 0) is 37.9 Å².